The standard InChI is InChI=1S/C13H19N3O4/c1-4-14-13(18)10-5-6-11(16(19)20)12(7-10)15(3)8-9(2)17/h5-7,9,17H,4,8H2,1-3H3,(H,14,18). The van der Waals surface area contributed by atoms with Crippen LogP contribution in [0.15, 0.2) is 18.2 Å². The number of rotatable bonds is 6. The van der Waals surface area contributed by atoms with Crippen molar-refractivity contribution in [3.63, 3.8) is 0 Å². The molecule has 0 spiro atoms. The minimum Gasteiger partial charge on any atom is -0.392 e. The smallest absolute Gasteiger partial charge is 0.292 e. The highest BCUT2D eigenvalue weighted by Gasteiger charge is 2.20. The van der Waals surface area contributed by atoms with Crippen molar-refractivity contribution >= 4 is 17.3 Å². The summed E-state index contributed by atoms with van der Waals surface area (Å²) in [5, 5.41) is 23.1. The van der Waals surface area contributed by atoms with Gasteiger partial charge in [0.25, 0.3) is 11.6 Å². The molecule has 1 unspecified atom stereocenters. The lowest BCUT2D eigenvalue weighted by Crippen LogP contribution is -2.28. The lowest BCUT2D eigenvalue weighted by atomic mass is 10.1. The van der Waals surface area contributed by atoms with Crippen LogP contribution in [-0.2, 0) is 0 Å². The monoisotopic (exact) mass is 281 g/mol. The van der Waals surface area contributed by atoms with E-state index in [9.17, 15) is 20.0 Å². The van der Waals surface area contributed by atoms with Gasteiger partial charge in [-0.15, -0.1) is 0 Å². The molecular weight excluding hydrogens is 262 g/mol. The predicted octanol–water partition coefficient (Wildman–Crippen LogP) is 1.16. The minimum atomic E-state index is -0.632. The molecule has 0 aliphatic rings. The van der Waals surface area contributed by atoms with Crippen LogP contribution in [0.5, 0.6) is 0 Å². The summed E-state index contributed by atoms with van der Waals surface area (Å²) in [6, 6.07) is 4.19. The maximum absolute atomic E-state index is 11.8. The van der Waals surface area contributed by atoms with Gasteiger partial charge >= 0.3 is 0 Å². The van der Waals surface area contributed by atoms with Gasteiger partial charge in [-0.2, -0.15) is 0 Å². The first kappa shape index (κ1) is 15.9. The molecule has 0 saturated carbocycles. The Morgan fingerprint density at radius 2 is 2.20 bits per heavy atom. The molecular formula is C13H19N3O4. The zero-order valence-electron chi connectivity index (χ0n) is 11.8. The molecule has 20 heavy (non-hydrogen) atoms. The number of amides is 1. The SMILES string of the molecule is CCNC(=O)c1ccc([N+](=O)[O-])c(N(C)CC(C)O)c1. The van der Waals surface area contributed by atoms with Crippen LogP contribution in [0.1, 0.15) is 24.2 Å². The molecule has 0 aliphatic heterocycles. The molecule has 1 amide bonds. The number of aliphatic hydroxyl groups excluding tert-OH is 1. The predicted molar refractivity (Wildman–Crippen MR) is 76.1 cm³/mol. The molecule has 0 aliphatic carbocycles. The summed E-state index contributed by atoms with van der Waals surface area (Å²) >= 11 is 0. The second-order valence-electron chi connectivity index (χ2n) is 4.55. The maximum Gasteiger partial charge on any atom is 0.292 e. The lowest BCUT2D eigenvalue weighted by molar-refractivity contribution is -0.384. The molecule has 1 aromatic carbocycles. The number of nitrogens with one attached hydrogen (secondary N) is 1. The first-order chi connectivity index (χ1) is 9.36. The number of nitrogens with zero attached hydrogens (tertiary/aromatic N) is 2. The second-order valence-corrected chi connectivity index (χ2v) is 4.55. The average Bonchev–Trinajstić information content (AvgIpc) is 2.37. The lowest BCUT2D eigenvalue weighted by Gasteiger charge is -2.21. The Morgan fingerprint density at radius 3 is 2.70 bits per heavy atom. The molecule has 0 saturated heterocycles. The molecule has 1 atom stereocenters. The number of hydrogen-bond acceptors (Lipinski definition) is 5. The van der Waals surface area contributed by atoms with E-state index in [0.717, 1.165) is 0 Å². The molecule has 0 fully saturated rings. The Morgan fingerprint density at radius 1 is 1.55 bits per heavy atom. The van der Waals surface area contributed by atoms with Gasteiger partial charge in [-0.05, 0) is 26.0 Å². The van der Waals surface area contributed by atoms with E-state index in [1.165, 1.54) is 18.2 Å². The van der Waals surface area contributed by atoms with E-state index in [0.29, 0.717) is 17.8 Å². The molecule has 2 N–H and O–H groups in total. The first-order valence-electron chi connectivity index (χ1n) is 6.32. The average molecular weight is 281 g/mol. The van der Waals surface area contributed by atoms with Crippen molar-refractivity contribution in [3.8, 4) is 0 Å². The summed E-state index contributed by atoms with van der Waals surface area (Å²) in [5.74, 6) is -0.283. The van der Waals surface area contributed by atoms with Gasteiger partial charge in [-0.3, -0.25) is 14.9 Å². The fourth-order valence-electron chi connectivity index (χ4n) is 1.88. The Bertz CT molecular complexity index is 502. The van der Waals surface area contributed by atoms with Gasteiger partial charge in [-0.1, -0.05) is 0 Å². The number of aliphatic hydroxyl groups is 1. The Hall–Kier alpha value is -2.15. The molecule has 1 rings (SSSR count). The number of hydrogen-bond donors (Lipinski definition) is 2. The van der Waals surface area contributed by atoms with Crippen LogP contribution in [0.4, 0.5) is 11.4 Å². The van der Waals surface area contributed by atoms with Crippen molar-refractivity contribution in [2.24, 2.45) is 0 Å². The van der Waals surface area contributed by atoms with E-state index >= 15 is 0 Å². The van der Waals surface area contributed by atoms with E-state index in [1.54, 1.807) is 25.8 Å². The highest BCUT2D eigenvalue weighted by molar-refractivity contribution is 5.95. The van der Waals surface area contributed by atoms with E-state index < -0.39 is 11.0 Å². The van der Waals surface area contributed by atoms with Crippen LogP contribution in [0.25, 0.3) is 0 Å². The number of likely N-dealkylation sites (N-methyl/N-ethyl adjacent to an activating group) is 1. The van der Waals surface area contributed by atoms with Crippen LogP contribution in [0.3, 0.4) is 0 Å². The topological polar surface area (TPSA) is 95.7 Å². The molecule has 0 radical (unpaired) electrons. The fraction of sp³-hybridized carbons (Fsp3) is 0.462. The van der Waals surface area contributed by atoms with Crippen molar-refractivity contribution in [3.05, 3.63) is 33.9 Å². The quantitative estimate of drug-likeness (QED) is 0.602. The molecule has 1 aromatic rings. The van der Waals surface area contributed by atoms with Crippen molar-refractivity contribution in [2.75, 3.05) is 25.0 Å². The van der Waals surface area contributed by atoms with E-state index in [-0.39, 0.29) is 18.1 Å². The van der Waals surface area contributed by atoms with E-state index in [1.807, 2.05) is 0 Å². The maximum atomic E-state index is 11.8. The van der Waals surface area contributed by atoms with E-state index in [2.05, 4.69) is 5.32 Å². The van der Waals surface area contributed by atoms with Crippen LogP contribution in [-0.4, -0.2) is 42.2 Å². The van der Waals surface area contributed by atoms with Crippen molar-refractivity contribution in [1.82, 2.24) is 5.32 Å². The molecule has 0 heterocycles. The molecule has 7 heteroatoms. The van der Waals surface area contributed by atoms with Crippen molar-refractivity contribution < 1.29 is 14.8 Å². The third-order valence-corrected chi connectivity index (χ3v) is 2.72. The Balaban J connectivity index is 3.18. The van der Waals surface area contributed by atoms with Crippen LogP contribution in [0.2, 0.25) is 0 Å². The summed E-state index contributed by atoms with van der Waals surface area (Å²) in [6.07, 6.45) is -0.632. The summed E-state index contributed by atoms with van der Waals surface area (Å²) in [7, 11) is 1.64. The minimum absolute atomic E-state index is 0.0961. The number of anilines is 1. The van der Waals surface area contributed by atoms with E-state index in [4.69, 9.17) is 0 Å². The largest absolute Gasteiger partial charge is 0.392 e. The van der Waals surface area contributed by atoms with Gasteiger partial charge in [0, 0.05) is 31.8 Å². The molecule has 110 valence electrons. The number of benzene rings is 1. The number of carbonyl (C=O) groups is 1. The molecule has 0 bridgehead atoms. The second kappa shape index (κ2) is 6.85. The first-order valence-corrected chi connectivity index (χ1v) is 6.32. The Kier molecular flexibility index (Phi) is 5.45. The van der Waals surface area contributed by atoms with Crippen LogP contribution < -0.4 is 10.2 Å². The zero-order chi connectivity index (χ0) is 15.3. The number of carbonyl (C=O) groups excluding carboxylic acids is 1. The summed E-state index contributed by atoms with van der Waals surface area (Å²) in [4.78, 5) is 23.9. The van der Waals surface area contributed by atoms with Gasteiger partial charge in [0.05, 0.1) is 11.0 Å². The zero-order valence-corrected chi connectivity index (χ0v) is 11.8. The summed E-state index contributed by atoms with van der Waals surface area (Å²) in [5.41, 5.74) is 0.561. The number of nitro benzene ring substituents is 1. The van der Waals surface area contributed by atoms with Gasteiger partial charge in [-0.25, -0.2) is 0 Å². The summed E-state index contributed by atoms with van der Waals surface area (Å²) < 4.78 is 0. The van der Waals surface area contributed by atoms with Crippen LogP contribution >= 0.6 is 0 Å². The number of nitro groups is 1. The molecule has 7 nitrogen and oxygen atoms in total. The normalized spacial score (nSPS) is 11.8. The highest BCUT2D eigenvalue weighted by atomic mass is 16.6. The van der Waals surface area contributed by atoms with Gasteiger partial charge < -0.3 is 15.3 Å². The van der Waals surface area contributed by atoms with Gasteiger partial charge in [0.1, 0.15) is 5.69 Å². The van der Waals surface area contributed by atoms with Gasteiger partial charge in [0.15, 0.2) is 0 Å². The molecule has 0 aromatic heterocycles. The summed E-state index contributed by atoms with van der Waals surface area (Å²) in [6.45, 7) is 4.11. The third-order valence-electron chi connectivity index (χ3n) is 2.72. The van der Waals surface area contributed by atoms with Crippen LogP contribution in [0, 0.1) is 10.1 Å². The third kappa shape index (κ3) is 3.92. The van der Waals surface area contributed by atoms with Gasteiger partial charge in [0.2, 0.25) is 0 Å². The highest BCUT2D eigenvalue weighted by Crippen LogP contribution is 2.28. The Labute approximate surface area is 117 Å². The van der Waals surface area contributed by atoms with Crippen molar-refractivity contribution in [1.29, 1.82) is 0 Å². The fourth-order valence-corrected chi connectivity index (χ4v) is 1.88. The van der Waals surface area contributed by atoms with Crippen molar-refractivity contribution in [2.45, 2.75) is 20.0 Å².